The largest absolute Gasteiger partial charge is 0.0993 e. The van der Waals surface area contributed by atoms with Crippen LogP contribution in [0.2, 0.25) is 0 Å². The van der Waals surface area contributed by atoms with E-state index in [9.17, 15) is 0 Å². The first-order valence-corrected chi connectivity index (χ1v) is 8.35. The molecule has 0 heteroatoms. The third-order valence-corrected chi connectivity index (χ3v) is 5.58. The summed E-state index contributed by atoms with van der Waals surface area (Å²) >= 11 is 0. The van der Waals surface area contributed by atoms with Gasteiger partial charge in [-0.3, -0.25) is 0 Å². The highest BCUT2D eigenvalue weighted by Gasteiger charge is 2.24. The lowest BCUT2D eigenvalue weighted by Gasteiger charge is -2.24. The second-order valence-electron chi connectivity index (χ2n) is 7.17. The molecule has 3 atom stereocenters. The molecule has 2 aliphatic carbocycles. The average Bonchev–Trinajstić information content (AvgIpc) is 2.81. The van der Waals surface area contributed by atoms with Gasteiger partial charge in [-0.25, -0.2) is 0 Å². The van der Waals surface area contributed by atoms with Crippen LogP contribution in [-0.2, 0) is 0 Å². The van der Waals surface area contributed by atoms with Crippen molar-refractivity contribution in [3.63, 3.8) is 0 Å². The van der Waals surface area contributed by atoms with Crippen molar-refractivity contribution >= 4 is 0 Å². The Bertz CT molecular complexity index is 259. The Morgan fingerprint density at radius 3 is 2.44 bits per heavy atom. The lowest BCUT2D eigenvalue weighted by Crippen LogP contribution is -2.12. The lowest BCUT2D eigenvalue weighted by molar-refractivity contribution is 0.359. The zero-order valence-electron chi connectivity index (χ0n) is 12.6. The first-order chi connectivity index (χ1) is 8.66. The third kappa shape index (κ3) is 3.87. The molecule has 0 aromatic rings. The van der Waals surface area contributed by atoms with E-state index >= 15 is 0 Å². The highest BCUT2D eigenvalue weighted by Crippen LogP contribution is 2.38. The quantitative estimate of drug-likeness (QED) is 0.424. The lowest BCUT2D eigenvalue weighted by atomic mass is 9.81. The molecule has 0 bridgehead atoms. The molecule has 0 heterocycles. The molecule has 2 aliphatic rings. The Kier molecular flexibility index (Phi) is 5.33. The Hall–Kier alpha value is -0.260. The van der Waals surface area contributed by atoms with Gasteiger partial charge in [0.25, 0.3) is 0 Å². The van der Waals surface area contributed by atoms with Crippen LogP contribution >= 0.6 is 0 Å². The van der Waals surface area contributed by atoms with E-state index in [1.165, 1.54) is 64.2 Å². The smallest absolute Gasteiger partial charge is 0.0203 e. The Morgan fingerprint density at radius 2 is 1.72 bits per heavy atom. The second-order valence-corrected chi connectivity index (χ2v) is 7.17. The summed E-state index contributed by atoms with van der Waals surface area (Å²) in [5, 5.41) is 0. The van der Waals surface area contributed by atoms with Crippen LogP contribution in [-0.4, -0.2) is 0 Å². The number of hydrogen-bond acceptors (Lipinski definition) is 0. The van der Waals surface area contributed by atoms with Crippen LogP contribution in [0, 0.1) is 23.7 Å². The molecule has 0 spiro atoms. The summed E-state index contributed by atoms with van der Waals surface area (Å²) in [6, 6.07) is 0. The molecule has 2 rings (SSSR count). The Morgan fingerprint density at radius 1 is 1.00 bits per heavy atom. The molecular weight excluding hydrogens is 216 g/mol. The summed E-state index contributed by atoms with van der Waals surface area (Å²) in [5.41, 5.74) is 1.59. The molecule has 0 N–H and O–H groups in total. The van der Waals surface area contributed by atoms with Crippen LogP contribution in [0.1, 0.15) is 78.1 Å². The third-order valence-electron chi connectivity index (χ3n) is 5.58. The highest BCUT2D eigenvalue weighted by atomic mass is 14.3. The van der Waals surface area contributed by atoms with Gasteiger partial charge in [-0.2, -0.15) is 0 Å². The SMILES string of the molecule is C=C(C(C)CC1CCCC(C)CC1)C1CCCC1. The molecule has 18 heavy (non-hydrogen) atoms. The van der Waals surface area contributed by atoms with E-state index in [4.69, 9.17) is 0 Å². The van der Waals surface area contributed by atoms with Gasteiger partial charge in [0.05, 0.1) is 0 Å². The molecule has 0 aromatic heterocycles. The minimum atomic E-state index is 0.770. The van der Waals surface area contributed by atoms with Crippen molar-refractivity contribution in [1.82, 2.24) is 0 Å². The summed E-state index contributed by atoms with van der Waals surface area (Å²) < 4.78 is 0. The first-order valence-electron chi connectivity index (χ1n) is 8.35. The summed E-state index contributed by atoms with van der Waals surface area (Å²) in [4.78, 5) is 0. The van der Waals surface area contributed by atoms with Crippen LogP contribution in [0.4, 0.5) is 0 Å². The molecular formula is C18H32. The van der Waals surface area contributed by atoms with E-state index in [0.717, 1.165) is 23.7 Å². The van der Waals surface area contributed by atoms with Gasteiger partial charge in [-0.15, -0.1) is 0 Å². The topological polar surface area (TPSA) is 0 Å². The maximum absolute atomic E-state index is 4.44. The molecule has 0 aliphatic heterocycles. The molecule has 2 fully saturated rings. The monoisotopic (exact) mass is 248 g/mol. The van der Waals surface area contributed by atoms with Gasteiger partial charge in [0.2, 0.25) is 0 Å². The predicted molar refractivity (Wildman–Crippen MR) is 80.6 cm³/mol. The predicted octanol–water partition coefficient (Wildman–Crippen LogP) is 5.98. The Labute approximate surface area is 114 Å². The van der Waals surface area contributed by atoms with E-state index in [2.05, 4.69) is 20.4 Å². The first kappa shape index (κ1) is 14.2. The van der Waals surface area contributed by atoms with Crippen molar-refractivity contribution in [3.8, 4) is 0 Å². The van der Waals surface area contributed by atoms with E-state index < -0.39 is 0 Å². The van der Waals surface area contributed by atoms with Gasteiger partial charge in [-0.05, 0) is 42.9 Å². The summed E-state index contributed by atoms with van der Waals surface area (Å²) in [7, 11) is 0. The van der Waals surface area contributed by atoms with Crippen LogP contribution < -0.4 is 0 Å². The van der Waals surface area contributed by atoms with Gasteiger partial charge in [0, 0.05) is 0 Å². The minimum absolute atomic E-state index is 0.770. The molecule has 3 unspecified atom stereocenters. The molecule has 0 radical (unpaired) electrons. The summed E-state index contributed by atoms with van der Waals surface area (Å²) in [5.74, 6) is 3.60. The van der Waals surface area contributed by atoms with Gasteiger partial charge in [0.15, 0.2) is 0 Å². The highest BCUT2D eigenvalue weighted by molar-refractivity contribution is 5.06. The number of rotatable bonds is 4. The van der Waals surface area contributed by atoms with Crippen molar-refractivity contribution in [2.45, 2.75) is 78.1 Å². The fraction of sp³-hybridized carbons (Fsp3) is 0.889. The van der Waals surface area contributed by atoms with E-state index in [-0.39, 0.29) is 0 Å². The normalized spacial score (nSPS) is 32.1. The van der Waals surface area contributed by atoms with Crippen LogP contribution in [0.5, 0.6) is 0 Å². The van der Waals surface area contributed by atoms with Crippen molar-refractivity contribution < 1.29 is 0 Å². The van der Waals surface area contributed by atoms with Gasteiger partial charge in [-0.1, -0.05) is 70.9 Å². The minimum Gasteiger partial charge on any atom is -0.0993 e. The summed E-state index contributed by atoms with van der Waals surface area (Å²) in [6.07, 6.45) is 14.5. The van der Waals surface area contributed by atoms with Gasteiger partial charge in [0.1, 0.15) is 0 Å². The number of hydrogen-bond donors (Lipinski definition) is 0. The molecule has 104 valence electrons. The standard InChI is InChI=1S/C18H32/c1-14-7-6-8-17(12-11-14)13-15(2)16(3)18-9-4-5-10-18/h14-15,17-18H,3-13H2,1-2H3. The summed E-state index contributed by atoms with van der Waals surface area (Å²) in [6.45, 7) is 9.31. The van der Waals surface area contributed by atoms with Crippen LogP contribution in [0.3, 0.4) is 0 Å². The van der Waals surface area contributed by atoms with Crippen LogP contribution in [0.25, 0.3) is 0 Å². The second kappa shape index (κ2) is 6.78. The number of allylic oxidation sites excluding steroid dienone is 1. The van der Waals surface area contributed by atoms with Crippen molar-refractivity contribution in [2.75, 3.05) is 0 Å². The zero-order valence-corrected chi connectivity index (χ0v) is 12.6. The van der Waals surface area contributed by atoms with Crippen molar-refractivity contribution in [2.24, 2.45) is 23.7 Å². The average molecular weight is 248 g/mol. The van der Waals surface area contributed by atoms with E-state index in [0.29, 0.717) is 0 Å². The molecule has 2 saturated carbocycles. The maximum Gasteiger partial charge on any atom is -0.0203 e. The van der Waals surface area contributed by atoms with E-state index in [1.54, 1.807) is 5.57 Å². The molecule has 0 amide bonds. The Balaban J connectivity index is 1.78. The fourth-order valence-corrected chi connectivity index (χ4v) is 4.15. The zero-order chi connectivity index (χ0) is 13.0. The van der Waals surface area contributed by atoms with E-state index in [1.807, 2.05) is 0 Å². The van der Waals surface area contributed by atoms with Crippen LogP contribution in [0.15, 0.2) is 12.2 Å². The van der Waals surface area contributed by atoms with Gasteiger partial charge >= 0.3 is 0 Å². The fourth-order valence-electron chi connectivity index (χ4n) is 4.15. The maximum atomic E-state index is 4.44. The van der Waals surface area contributed by atoms with Crippen molar-refractivity contribution in [1.29, 1.82) is 0 Å². The molecule has 0 nitrogen and oxygen atoms in total. The molecule has 0 saturated heterocycles. The molecule has 0 aromatic carbocycles. The van der Waals surface area contributed by atoms with Crippen molar-refractivity contribution in [3.05, 3.63) is 12.2 Å². The van der Waals surface area contributed by atoms with Gasteiger partial charge < -0.3 is 0 Å².